The van der Waals surface area contributed by atoms with Crippen LogP contribution in [0.5, 0.6) is 0 Å². The van der Waals surface area contributed by atoms with Gasteiger partial charge in [0.2, 0.25) is 0 Å². The van der Waals surface area contributed by atoms with Gasteiger partial charge in [0.1, 0.15) is 6.34 Å². The summed E-state index contributed by atoms with van der Waals surface area (Å²) in [6, 6.07) is 0. The van der Waals surface area contributed by atoms with E-state index >= 15 is 0 Å². The lowest BCUT2D eigenvalue weighted by Crippen LogP contribution is -2.43. The summed E-state index contributed by atoms with van der Waals surface area (Å²) in [7, 11) is 0. The molecule has 0 atom stereocenters. The average molecular weight is 183 g/mol. The van der Waals surface area contributed by atoms with Crippen LogP contribution in [0.25, 0.3) is 0 Å². The Morgan fingerprint density at radius 2 is 2.23 bits per heavy atom. The predicted octanol–water partition coefficient (Wildman–Crippen LogP) is -0.803. The zero-order valence-electron chi connectivity index (χ0n) is 7.82. The summed E-state index contributed by atoms with van der Waals surface area (Å²) < 4.78 is 0. The van der Waals surface area contributed by atoms with Crippen LogP contribution in [0, 0.1) is 0 Å². The molecule has 0 aromatic heterocycles. The molecular formula is C8H17N5. The molecule has 1 aliphatic rings. The molecule has 0 aromatic carbocycles. The van der Waals surface area contributed by atoms with E-state index in [1.54, 1.807) is 12.4 Å². The molecule has 3 N–H and O–H groups in total. The Morgan fingerprint density at radius 3 is 2.85 bits per heavy atom. The lowest BCUT2D eigenvalue weighted by molar-refractivity contribution is 0.313. The van der Waals surface area contributed by atoms with Crippen molar-refractivity contribution in [3.63, 3.8) is 0 Å². The van der Waals surface area contributed by atoms with E-state index in [9.17, 15) is 0 Å². The van der Waals surface area contributed by atoms with Gasteiger partial charge in [0.25, 0.3) is 0 Å². The Hall–Kier alpha value is -1.07. The minimum absolute atomic E-state index is 0.572. The molecule has 5 nitrogen and oxygen atoms in total. The summed E-state index contributed by atoms with van der Waals surface area (Å²) in [4.78, 5) is 2.14. The van der Waals surface area contributed by atoms with Crippen molar-refractivity contribution in [2.24, 2.45) is 10.9 Å². The van der Waals surface area contributed by atoms with Crippen LogP contribution >= 0.6 is 0 Å². The number of hydrogen-bond acceptors (Lipinski definition) is 4. The monoisotopic (exact) mass is 183 g/mol. The number of nitrogens with zero attached hydrogens (tertiary/aromatic N) is 3. The van der Waals surface area contributed by atoms with E-state index in [4.69, 9.17) is 5.84 Å². The van der Waals surface area contributed by atoms with Crippen molar-refractivity contribution in [3.8, 4) is 0 Å². The van der Waals surface area contributed by atoms with Crippen molar-refractivity contribution >= 4 is 6.34 Å². The zero-order chi connectivity index (χ0) is 9.52. The molecule has 1 heterocycles. The fraction of sp³-hybridized carbons (Fsp3) is 0.625. The normalized spacial score (nSPS) is 17.8. The smallest absolute Gasteiger partial charge is 0.113 e. The molecule has 0 bridgehead atoms. The first-order valence-electron chi connectivity index (χ1n) is 4.45. The highest BCUT2D eigenvalue weighted by atomic mass is 15.6. The summed E-state index contributed by atoms with van der Waals surface area (Å²) >= 11 is 0. The van der Waals surface area contributed by atoms with Crippen molar-refractivity contribution in [3.05, 3.63) is 12.7 Å². The van der Waals surface area contributed by atoms with Crippen LogP contribution in [0.1, 0.15) is 0 Å². The van der Waals surface area contributed by atoms with E-state index in [1.807, 2.05) is 0 Å². The van der Waals surface area contributed by atoms with Gasteiger partial charge in [-0.15, -0.1) is 6.58 Å². The lowest BCUT2D eigenvalue weighted by Gasteiger charge is -2.25. The Balaban J connectivity index is 2.24. The number of hydrazone groups is 1. The second kappa shape index (κ2) is 5.55. The highest BCUT2D eigenvalue weighted by Crippen LogP contribution is 1.88. The van der Waals surface area contributed by atoms with E-state index in [0.717, 1.165) is 26.2 Å². The summed E-state index contributed by atoms with van der Waals surface area (Å²) in [5, 5.41) is 8.68. The van der Waals surface area contributed by atoms with Gasteiger partial charge in [0.15, 0.2) is 0 Å². The number of nitrogens with two attached hydrogens (primary N) is 1. The third-order valence-corrected chi connectivity index (χ3v) is 1.83. The fourth-order valence-electron chi connectivity index (χ4n) is 1.12. The Labute approximate surface area is 78.8 Å². The molecule has 0 spiro atoms. The SMILES string of the molecule is C=CCN(N)N=CN1CCNCC1. The van der Waals surface area contributed by atoms with Crippen molar-refractivity contribution in [2.45, 2.75) is 0 Å². The Morgan fingerprint density at radius 1 is 1.54 bits per heavy atom. The predicted molar refractivity (Wildman–Crippen MR) is 54.0 cm³/mol. The second-order valence-electron chi connectivity index (χ2n) is 2.93. The van der Waals surface area contributed by atoms with Gasteiger partial charge in [-0.25, -0.2) is 11.0 Å². The van der Waals surface area contributed by atoms with Crippen molar-refractivity contribution < 1.29 is 0 Å². The molecule has 0 unspecified atom stereocenters. The van der Waals surface area contributed by atoms with Crippen LogP contribution in [-0.2, 0) is 0 Å². The maximum atomic E-state index is 5.52. The molecule has 0 aromatic rings. The van der Waals surface area contributed by atoms with Crippen molar-refractivity contribution in [1.82, 2.24) is 15.3 Å². The number of rotatable bonds is 4. The molecular weight excluding hydrogens is 166 g/mol. The highest BCUT2D eigenvalue weighted by molar-refractivity contribution is 5.54. The molecule has 74 valence electrons. The number of hydrogen-bond donors (Lipinski definition) is 2. The molecule has 0 saturated carbocycles. The molecule has 1 aliphatic heterocycles. The van der Waals surface area contributed by atoms with Crippen LogP contribution in [-0.4, -0.2) is 49.1 Å². The van der Waals surface area contributed by atoms with Gasteiger partial charge < -0.3 is 10.2 Å². The van der Waals surface area contributed by atoms with Crippen LogP contribution < -0.4 is 11.2 Å². The van der Waals surface area contributed by atoms with Crippen LogP contribution in [0.15, 0.2) is 17.8 Å². The van der Waals surface area contributed by atoms with E-state index in [-0.39, 0.29) is 0 Å². The summed E-state index contributed by atoms with van der Waals surface area (Å²) in [5.41, 5.74) is 0. The molecule has 1 rings (SSSR count). The Kier molecular flexibility index (Phi) is 4.28. The first-order chi connectivity index (χ1) is 6.33. The molecule has 5 heteroatoms. The zero-order valence-corrected chi connectivity index (χ0v) is 7.82. The third kappa shape index (κ3) is 3.91. The summed E-state index contributed by atoms with van der Waals surface area (Å²) in [6.45, 7) is 8.16. The summed E-state index contributed by atoms with van der Waals surface area (Å²) in [5.74, 6) is 5.52. The van der Waals surface area contributed by atoms with E-state index in [1.165, 1.54) is 5.12 Å². The molecule has 13 heavy (non-hydrogen) atoms. The fourth-order valence-corrected chi connectivity index (χ4v) is 1.12. The molecule has 0 amide bonds. The van der Waals surface area contributed by atoms with E-state index in [0.29, 0.717) is 6.54 Å². The minimum Gasteiger partial charge on any atom is -0.359 e. The van der Waals surface area contributed by atoms with Gasteiger partial charge in [-0.1, -0.05) is 6.08 Å². The van der Waals surface area contributed by atoms with Crippen LogP contribution in [0.2, 0.25) is 0 Å². The van der Waals surface area contributed by atoms with Gasteiger partial charge in [-0.2, -0.15) is 5.10 Å². The molecule has 0 aliphatic carbocycles. The first kappa shape index (κ1) is 10.0. The van der Waals surface area contributed by atoms with E-state index in [2.05, 4.69) is 21.9 Å². The quantitative estimate of drug-likeness (QED) is 0.197. The first-order valence-corrected chi connectivity index (χ1v) is 4.45. The molecule has 1 fully saturated rings. The van der Waals surface area contributed by atoms with Gasteiger partial charge >= 0.3 is 0 Å². The lowest BCUT2D eigenvalue weighted by atomic mass is 10.4. The number of piperazine rings is 1. The highest BCUT2D eigenvalue weighted by Gasteiger charge is 2.04. The third-order valence-electron chi connectivity index (χ3n) is 1.83. The standard InChI is InChI=1S/C8H17N5/c1-2-5-13(9)11-8-12-6-3-10-4-7-12/h2,8,10H,1,3-7,9H2. The van der Waals surface area contributed by atoms with Gasteiger partial charge in [0.05, 0.1) is 6.54 Å². The molecule has 0 radical (unpaired) electrons. The van der Waals surface area contributed by atoms with E-state index < -0.39 is 0 Å². The maximum Gasteiger partial charge on any atom is 0.113 e. The van der Waals surface area contributed by atoms with Crippen molar-refractivity contribution in [2.75, 3.05) is 32.7 Å². The summed E-state index contributed by atoms with van der Waals surface area (Å²) in [6.07, 6.45) is 3.50. The maximum absolute atomic E-state index is 5.52. The Bertz CT molecular complexity index is 173. The van der Waals surface area contributed by atoms with Gasteiger partial charge in [-0.05, 0) is 0 Å². The van der Waals surface area contributed by atoms with Crippen LogP contribution in [0.4, 0.5) is 0 Å². The minimum atomic E-state index is 0.572. The van der Waals surface area contributed by atoms with Crippen molar-refractivity contribution in [1.29, 1.82) is 0 Å². The number of hydrazine groups is 1. The largest absolute Gasteiger partial charge is 0.359 e. The topological polar surface area (TPSA) is 56.9 Å². The molecule has 1 saturated heterocycles. The van der Waals surface area contributed by atoms with Gasteiger partial charge in [-0.3, -0.25) is 0 Å². The average Bonchev–Trinajstić information content (AvgIpc) is 2.17. The number of nitrogens with one attached hydrogen (secondary N) is 1. The second-order valence-corrected chi connectivity index (χ2v) is 2.93. The van der Waals surface area contributed by atoms with Gasteiger partial charge in [0, 0.05) is 26.2 Å². The van der Waals surface area contributed by atoms with Crippen LogP contribution in [0.3, 0.4) is 0 Å².